The van der Waals surface area contributed by atoms with Crippen LogP contribution in [-0.4, -0.2) is 39.6 Å². The third kappa shape index (κ3) is 3.60. The van der Waals surface area contributed by atoms with Crippen molar-refractivity contribution >= 4 is 0 Å². The molecule has 5 heteroatoms. The van der Waals surface area contributed by atoms with Gasteiger partial charge in [0.05, 0.1) is 27.4 Å². The van der Waals surface area contributed by atoms with E-state index < -0.39 is 6.10 Å². The molecule has 1 saturated heterocycles. The maximum atomic E-state index is 10.6. The van der Waals surface area contributed by atoms with Crippen LogP contribution < -0.4 is 14.2 Å². The first-order chi connectivity index (χ1) is 10.2. The highest BCUT2D eigenvalue weighted by Crippen LogP contribution is 2.43. The first-order valence-corrected chi connectivity index (χ1v) is 7.26. The lowest BCUT2D eigenvalue weighted by molar-refractivity contribution is 0.0430. The lowest BCUT2D eigenvalue weighted by Gasteiger charge is -2.25. The summed E-state index contributed by atoms with van der Waals surface area (Å²) in [6.45, 7) is 1.56. The Morgan fingerprint density at radius 1 is 1.10 bits per heavy atom. The number of hydrogen-bond acceptors (Lipinski definition) is 5. The number of rotatable bonds is 6. The van der Waals surface area contributed by atoms with Gasteiger partial charge < -0.3 is 24.1 Å². The number of benzene rings is 1. The van der Waals surface area contributed by atoms with E-state index in [0.29, 0.717) is 29.6 Å². The van der Waals surface area contributed by atoms with Gasteiger partial charge in [-0.1, -0.05) is 0 Å². The molecule has 5 nitrogen and oxygen atoms in total. The average molecular weight is 296 g/mol. The van der Waals surface area contributed by atoms with Crippen LogP contribution in [0.4, 0.5) is 0 Å². The van der Waals surface area contributed by atoms with Gasteiger partial charge in [0.1, 0.15) is 0 Å². The minimum atomic E-state index is -0.581. The molecule has 0 spiro atoms. The summed E-state index contributed by atoms with van der Waals surface area (Å²) in [6.07, 6.45) is 2.11. The van der Waals surface area contributed by atoms with Gasteiger partial charge in [0.15, 0.2) is 11.5 Å². The summed E-state index contributed by atoms with van der Waals surface area (Å²) in [7, 11) is 4.71. The van der Waals surface area contributed by atoms with Crippen LogP contribution in [0.5, 0.6) is 17.2 Å². The summed E-state index contributed by atoms with van der Waals surface area (Å²) in [5.41, 5.74) is 0.738. The summed E-state index contributed by atoms with van der Waals surface area (Å²) >= 11 is 0. The van der Waals surface area contributed by atoms with Crippen molar-refractivity contribution in [2.24, 2.45) is 5.92 Å². The molecule has 0 aromatic heterocycles. The van der Waals surface area contributed by atoms with E-state index >= 15 is 0 Å². The van der Waals surface area contributed by atoms with Gasteiger partial charge in [-0.15, -0.1) is 0 Å². The summed E-state index contributed by atoms with van der Waals surface area (Å²) in [5, 5.41) is 10.6. The minimum absolute atomic E-state index is 0.478. The lowest BCUT2D eigenvalue weighted by atomic mass is 9.90. The smallest absolute Gasteiger partial charge is 0.203 e. The predicted octanol–water partition coefficient (Wildman–Crippen LogP) is 2.56. The SMILES string of the molecule is COc1ccc(C(O)CC2CCOCC2)c(OC)c1OC. The summed E-state index contributed by atoms with van der Waals surface area (Å²) < 4.78 is 21.4. The van der Waals surface area contributed by atoms with Crippen LogP contribution in [0.3, 0.4) is 0 Å². The van der Waals surface area contributed by atoms with Gasteiger partial charge in [0, 0.05) is 18.8 Å². The van der Waals surface area contributed by atoms with E-state index in [-0.39, 0.29) is 0 Å². The average Bonchev–Trinajstić information content (AvgIpc) is 2.53. The van der Waals surface area contributed by atoms with Crippen LogP contribution in [0.25, 0.3) is 0 Å². The van der Waals surface area contributed by atoms with Crippen molar-refractivity contribution in [3.63, 3.8) is 0 Å². The maximum absolute atomic E-state index is 10.6. The molecule has 0 radical (unpaired) electrons. The molecule has 1 aromatic rings. The first-order valence-electron chi connectivity index (χ1n) is 7.26. The molecule has 1 fully saturated rings. The molecule has 1 unspecified atom stereocenters. The molecule has 0 aliphatic carbocycles. The van der Waals surface area contributed by atoms with Crippen molar-refractivity contribution in [1.82, 2.24) is 0 Å². The fraction of sp³-hybridized carbons (Fsp3) is 0.625. The largest absolute Gasteiger partial charge is 0.493 e. The Morgan fingerprint density at radius 2 is 1.76 bits per heavy atom. The Hall–Kier alpha value is -1.46. The molecular weight excluding hydrogens is 272 g/mol. The first kappa shape index (κ1) is 15.9. The highest BCUT2D eigenvalue weighted by Gasteiger charge is 2.24. The molecular formula is C16H24O5. The molecule has 0 saturated carbocycles. The predicted molar refractivity (Wildman–Crippen MR) is 79.2 cm³/mol. The van der Waals surface area contributed by atoms with Gasteiger partial charge in [-0.25, -0.2) is 0 Å². The van der Waals surface area contributed by atoms with Gasteiger partial charge in [-0.05, 0) is 37.3 Å². The number of hydrogen-bond donors (Lipinski definition) is 1. The van der Waals surface area contributed by atoms with Crippen LogP contribution in [0.1, 0.15) is 30.9 Å². The molecule has 1 heterocycles. The van der Waals surface area contributed by atoms with E-state index in [0.717, 1.165) is 31.6 Å². The van der Waals surface area contributed by atoms with E-state index in [4.69, 9.17) is 18.9 Å². The van der Waals surface area contributed by atoms with E-state index in [1.165, 1.54) is 0 Å². The lowest BCUT2D eigenvalue weighted by Crippen LogP contribution is -2.18. The monoisotopic (exact) mass is 296 g/mol. The highest BCUT2D eigenvalue weighted by molar-refractivity contribution is 5.56. The molecule has 1 atom stereocenters. The Balaban J connectivity index is 2.21. The van der Waals surface area contributed by atoms with Crippen LogP contribution in [0.15, 0.2) is 12.1 Å². The number of aliphatic hydroxyl groups excluding tert-OH is 1. The molecule has 21 heavy (non-hydrogen) atoms. The summed E-state index contributed by atoms with van der Waals surface area (Å²) in [4.78, 5) is 0. The molecule has 1 aliphatic rings. The van der Waals surface area contributed by atoms with E-state index in [2.05, 4.69) is 0 Å². The van der Waals surface area contributed by atoms with Crippen molar-refractivity contribution in [2.45, 2.75) is 25.4 Å². The molecule has 2 rings (SSSR count). The van der Waals surface area contributed by atoms with Crippen LogP contribution >= 0.6 is 0 Å². The van der Waals surface area contributed by atoms with Crippen LogP contribution in [0.2, 0.25) is 0 Å². The topological polar surface area (TPSA) is 57.2 Å². The third-order valence-corrected chi connectivity index (χ3v) is 3.99. The number of methoxy groups -OCH3 is 3. The maximum Gasteiger partial charge on any atom is 0.203 e. The third-order valence-electron chi connectivity index (χ3n) is 3.99. The van der Waals surface area contributed by atoms with Crippen molar-refractivity contribution in [3.05, 3.63) is 17.7 Å². The van der Waals surface area contributed by atoms with E-state index in [9.17, 15) is 5.11 Å². The second-order valence-electron chi connectivity index (χ2n) is 5.23. The summed E-state index contributed by atoms with van der Waals surface area (Å²) in [6, 6.07) is 3.63. The van der Waals surface area contributed by atoms with Gasteiger partial charge in [-0.2, -0.15) is 0 Å². The van der Waals surface area contributed by atoms with Gasteiger partial charge in [0.2, 0.25) is 5.75 Å². The molecule has 0 bridgehead atoms. The molecule has 1 N–H and O–H groups in total. The fourth-order valence-electron chi connectivity index (χ4n) is 2.81. The second kappa shape index (κ2) is 7.52. The molecule has 1 aromatic carbocycles. The zero-order valence-corrected chi connectivity index (χ0v) is 12.9. The van der Waals surface area contributed by atoms with E-state index in [1.807, 2.05) is 6.07 Å². The normalized spacial score (nSPS) is 17.3. The standard InChI is InChI=1S/C16H24O5/c1-18-14-5-4-12(15(19-2)16(14)20-3)13(17)10-11-6-8-21-9-7-11/h4-5,11,13,17H,6-10H2,1-3H3. The minimum Gasteiger partial charge on any atom is -0.493 e. The van der Waals surface area contributed by atoms with Gasteiger partial charge in [0.25, 0.3) is 0 Å². The number of aliphatic hydroxyl groups is 1. The zero-order chi connectivity index (χ0) is 15.2. The van der Waals surface area contributed by atoms with Crippen molar-refractivity contribution < 1.29 is 24.1 Å². The van der Waals surface area contributed by atoms with Gasteiger partial charge in [-0.3, -0.25) is 0 Å². The second-order valence-corrected chi connectivity index (χ2v) is 5.23. The Bertz CT molecular complexity index is 454. The van der Waals surface area contributed by atoms with Crippen LogP contribution in [-0.2, 0) is 4.74 Å². The fourth-order valence-corrected chi connectivity index (χ4v) is 2.81. The van der Waals surface area contributed by atoms with Gasteiger partial charge >= 0.3 is 0 Å². The Kier molecular flexibility index (Phi) is 5.70. The Morgan fingerprint density at radius 3 is 2.33 bits per heavy atom. The molecule has 118 valence electrons. The van der Waals surface area contributed by atoms with Crippen molar-refractivity contribution in [2.75, 3.05) is 34.5 Å². The molecule has 0 amide bonds. The quantitative estimate of drug-likeness (QED) is 0.874. The highest BCUT2D eigenvalue weighted by atomic mass is 16.5. The van der Waals surface area contributed by atoms with Crippen molar-refractivity contribution in [1.29, 1.82) is 0 Å². The summed E-state index contributed by atoms with van der Waals surface area (Å²) in [5.74, 6) is 2.13. The van der Waals surface area contributed by atoms with E-state index in [1.54, 1.807) is 27.4 Å². The zero-order valence-electron chi connectivity index (χ0n) is 12.9. The van der Waals surface area contributed by atoms with Crippen LogP contribution in [0, 0.1) is 5.92 Å². The van der Waals surface area contributed by atoms with Crippen molar-refractivity contribution in [3.8, 4) is 17.2 Å². The molecule has 1 aliphatic heterocycles. The Labute approximate surface area is 125 Å². The number of ether oxygens (including phenoxy) is 4.